The number of Topliss-reactive ketones (excluding diaryl/α,β-unsaturated/α-hetero) is 1. The molecule has 18 heavy (non-hydrogen) atoms. The highest BCUT2D eigenvalue weighted by molar-refractivity contribution is 5.79. The second-order valence-corrected chi connectivity index (χ2v) is 4.49. The molecule has 1 fully saturated rings. The molecule has 4 nitrogen and oxygen atoms in total. The van der Waals surface area contributed by atoms with Crippen LogP contribution in [0.15, 0.2) is 18.2 Å². The van der Waals surface area contributed by atoms with Gasteiger partial charge in [0.2, 0.25) is 0 Å². The SMILES string of the molecule is COc1ccc(OC)c(CN2CCC(=O)CC2)c1. The first-order valence-electron chi connectivity index (χ1n) is 6.18. The molecule has 1 saturated heterocycles. The van der Waals surface area contributed by atoms with Gasteiger partial charge in [0, 0.05) is 38.0 Å². The molecular formula is C14H19NO3. The first-order chi connectivity index (χ1) is 8.72. The van der Waals surface area contributed by atoms with Crippen LogP contribution < -0.4 is 9.47 Å². The normalized spacial score (nSPS) is 16.7. The molecule has 2 rings (SSSR count). The van der Waals surface area contributed by atoms with Crippen molar-refractivity contribution in [2.45, 2.75) is 19.4 Å². The summed E-state index contributed by atoms with van der Waals surface area (Å²) in [6, 6.07) is 5.81. The maximum atomic E-state index is 11.2. The Hall–Kier alpha value is -1.55. The summed E-state index contributed by atoms with van der Waals surface area (Å²) in [7, 11) is 3.33. The molecule has 4 heteroatoms. The second kappa shape index (κ2) is 5.87. The molecule has 0 aliphatic carbocycles. The van der Waals surface area contributed by atoms with Crippen molar-refractivity contribution in [3.63, 3.8) is 0 Å². The predicted octanol–water partition coefficient (Wildman–Crippen LogP) is 1.87. The molecule has 0 N–H and O–H groups in total. The Labute approximate surface area is 107 Å². The van der Waals surface area contributed by atoms with Crippen LogP contribution in [-0.4, -0.2) is 38.0 Å². The Kier molecular flexibility index (Phi) is 4.20. The lowest BCUT2D eigenvalue weighted by atomic mass is 10.1. The van der Waals surface area contributed by atoms with Crippen LogP contribution in [0, 0.1) is 0 Å². The van der Waals surface area contributed by atoms with Crippen molar-refractivity contribution >= 4 is 5.78 Å². The monoisotopic (exact) mass is 249 g/mol. The van der Waals surface area contributed by atoms with Gasteiger partial charge in [0.1, 0.15) is 17.3 Å². The van der Waals surface area contributed by atoms with Gasteiger partial charge in [0.15, 0.2) is 0 Å². The summed E-state index contributed by atoms with van der Waals surface area (Å²) in [5, 5.41) is 0. The zero-order valence-corrected chi connectivity index (χ0v) is 10.9. The lowest BCUT2D eigenvalue weighted by molar-refractivity contribution is -0.121. The predicted molar refractivity (Wildman–Crippen MR) is 69.1 cm³/mol. The van der Waals surface area contributed by atoms with E-state index in [0.717, 1.165) is 36.7 Å². The largest absolute Gasteiger partial charge is 0.497 e. The fourth-order valence-electron chi connectivity index (χ4n) is 2.21. The molecular weight excluding hydrogens is 230 g/mol. The third-order valence-electron chi connectivity index (χ3n) is 3.30. The third-order valence-corrected chi connectivity index (χ3v) is 3.30. The van der Waals surface area contributed by atoms with E-state index in [1.165, 1.54) is 0 Å². The standard InChI is InChI=1S/C14H19NO3/c1-17-13-3-4-14(18-2)11(9-13)10-15-7-5-12(16)6-8-15/h3-4,9H,5-8,10H2,1-2H3. The Morgan fingerprint density at radius 1 is 1.17 bits per heavy atom. The summed E-state index contributed by atoms with van der Waals surface area (Å²) in [5.41, 5.74) is 1.10. The van der Waals surface area contributed by atoms with E-state index in [9.17, 15) is 4.79 Å². The van der Waals surface area contributed by atoms with E-state index >= 15 is 0 Å². The molecule has 1 heterocycles. The number of carbonyl (C=O) groups is 1. The zero-order chi connectivity index (χ0) is 13.0. The number of nitrogens with zero attached hydrogens (tertiary/aromatic N) is 1. The molecule has 1 aliphatic heterocycles. The van der Waals surface area contributed by atoms with Crippen LogP contribution in [0.25, 0.3) is 0 Å². The number of rotatable bonds is 4. The number of hydrogen-bond acceptors (Lipinski definition) is 4. The first kappa shape index (κ1) is 12.9. The van der Waals surface area contributed by atoms with Crippen LogP contribution >= 0.6 is 0 Å². The van der Waals surface area contributed by atoms with Crippen molar-refractivity contribution in [3.8, 4) is 11.5 Å². The third kappa shape index (κ3) is 3.01. The minimum absolute atomic E-state index is 0.365. The number of likely N-dealkylation sites (tertiary alicyclic amines) is 1. The number of hydrogen-bond donors (Lipinski definition) is 0. The minimum Gasteiger partial charge on any atom is -0.497 e. The molecule has 1 aliphatic rings. The van der Waals surface area contributed by atoms with Gasteiger partial charge in [-0.05, 0) is 18.2 Å². The fourth-order valence-corrected chi connectivity index (χ4v) is 2.21. The van der Waals surface area contributed by atoms with Gasteiger partial charge in [-0.1, -0.05) is 0 Å². The zero-order valence-electron chi connectivity index (χ0n) is 10.9. The maximum Gasteiger partial charge on any atom is 0.135 e. The molecule has 0 atom stereocenters. The second-order valence-electron chi connectivity index (χ2n) is 4.49. The lowest BCUT2D eigenvalue weighted by Crippen LogP contribution is -2.33. The van der Waals surface area contributed by atoms with E-state index in [1.807, 2.05) is 18.2 Å². The molecule has 0 aromatic heterocycles. The molecule has 1 aromatic carbocycles. The van der Waals surface area contributed by atoms with Gasteiger partial charge in [-0.2, -0.15) is 0 Å². The molecule has 0 amide bonds. The number of carbonyl (C=O) groups excluding carboxylic acids is 1. The van der Waals surface area contributed by atoms with Gasteiger partial charge < -0.3 is 9.47 Å². The van der Waals surface area contributed by atoms with E-state index in [1.54, 1.807) is 14.2 Å². The van der Waals surface area contributed by atoms with Crippen LogP contribution in [0.5, 0.6) is 11.5 Å². The van der Waals surface area contributed by atoms with Crippen LogP contribution in [0.4, 0.5) is 0 Å². The Morgan fingerprint density at radius 2 is 1.89 bits per heavy atom. The summed E-state index contributed by atoms with van der Waals surface area (Å²) in [6.07, 6.45) is 1.32. The van der Waals surface area contributed by atoms with Crippen molar-refractivity contribution in [2.24, 2.45) is 0 Å². The lowest BCUT2D eigenvalue weighted by Gasteiger charge is -2.26. The highest BCUT2D eigenvalue weighted by Gasteiger charge is 2.17. The molecule has 98 valence electrons. The molecule has 0 spiro atoms. The highest BCUT2D eigenvalue weighted by Crippen LogP contribution is 2.25. The van der Waals surface area contributed by atoms with Gasteiger partial charge in [-0.3, -0.25) is 9.69 Å². The van der Waals surface area contributed by atoms with Crippen LogP contribution in [-0.2, 0) is 11.3 Å². The number of ether oxygens (including phenoxy) is 2. The smallest absolute Gasteiger partial charge is 0.135 e. The maximum absolute atomic E-state index is 11.2. The van der Waals surface area contributed by atoms with Crippen LogP contribution in [0.2, 0.25) is 0 Å². The highest BCUT2D eigenvalue weighted by atomic mass is 16.5. The summed E-state index contributed by atoms with van der Waals surface area (Å²) < 4.78 is 10.6. The van der Waals surface area contributed by atoms with E-state index in [0.29, 0.717) is 18.6 Å². The summed E-state index contributed by atoms with van der Waals surface area (Å²) in [5.74, 6) is 2.07. The summed E-state index contributed by atoms with van der Waals surface area (Å²) >= 11 is 0. The van der Waals surface area contributed by atoms with Crippen LogP contribution in [0.3, 0.4) is 0 Å². The first-order valence-corrected chi connectivity index (χ1v) is 6.18. The van der Waals surface area contributed by atoms with E-state index in [-0.39, 0.29) is 0 Å². The van der Waals surface area contributed by atoms with Gasteiger partial charge in [0.05, 0.1) is 14.2 Å². The van der Waals surface area contributed by atoms with Gasteiger partial charge in [-0.25, -0.2) is 0 Å². The number of piperidine rings is 1. The van der Waals surface area contributed by atoms with Crippen LogP contribution in [0.1, 0.15) is 18.4 Å². The molecule has 0 saturated carbocycles. The van der Waals surface area contributed by atoms with Gasteiger partial charge >= 0.3 is 0 Å². The van der Waals surface area contributed by atoms with Crippen molar-refractivity contribution in [1.82, 2.24) is 4.90 Å². The van der Waals surface area contributed by atoms with Gasteiger partial charge in [0.25, 0.3) is 0 Å². The Morgan fingerprint density at radius 3 is 2.50 bits per heavy atom. The topological polar surface area (TPSA) is 38.8 Å². The summed E-state index contributed by atoms with van der Waals surface area (Å²) in [4.78, 5) is 13.5. The van der Waals surface area contributed by atoms with E-state index in [4.69, 9.17) is 9.47 Å². The van der Waals surface area contributed by atoms with Crippen molar-refractivity contribution in [1.29, 1.82) is 0 Å². The van der Waals surface area contributed by atoms with E-state index < -0.39 is 0 Å². The minimum atomic E-state index is 0.365. The Bertz CT molecular complexity index is 421. The quantitative estimate of drug-likeness (QED) is 0.816. The van der Waals surface area contributed by atoms with Crippen molar-refractivity contribution in [2.75, 3.05) is 27.3 Å². The van der Waals surface area contributed by atoms with E-state index in [2.05, 4.69) is 4.90 Å². The molecule has 1 aromatic rings. The fraction of sp³-hybridized carbons (Fsp3) is 0.500. The van der Waals surface area contributed by atoms with Crippen molar-refractivity contribution < 1.29 is 14.3 Å². The van der Waals surface area contributed by atoms with Crippen molar-refractivity contribution in [3.05, 3.63) is 23.8 Å². The molecule has 0 radical (unpaired) electrons. The average molecular weight is 249 g/mol. The number of ketones is 1. The molecule has 0 unspecified atom stereocenters. The number of benzene rings is 1. The molecule has 0 bridgehead atoms. The Balaban J connectivity index is 2.09. The average Bonchev–Trinajstić information content (AvgIpc) is 2.41. The summed E-state index contributed by atoms with van der Waals surface area (Å²) in [6.45, 7) is 2.46. The number of methoxy groups -OCH3 is 2. The van der Waals surface area contributed by atoms with Gasteiger partial charge in [-0.15, -0.1) is 0 Å².